The van der Waals surface area contributed by atoms with Gasteiger partial charge >= 0.3 is 0 Å². The van der Waals surface area contributed by atoms with Crippen molar-refractivity contribution in [2.24, 2.45) is 0 Å². The van der Waals surface area contributed by atoms with Crippen LogP contribution >= 0.6 is 0 Å². The minimum atomic E-state index is 0.958. The van der Waals surface area contributed by atoms with Crippen molar-refractivity contribution >= 4 is 27.5 Å². The molecular formula is C26H25N5. The predicted octanol–water partition coefficient (Wildman–Crippen LogP) is 6.07. The summed E-state index contributed by atoms with van der Waals surface area (Å²) in [6.45, 7) is 4.40. The van der Waals surface area contributed by atoms with Crippen LogP contribution < -0.4 is 4.90 Å². The van der Waals surface area contributed by atoms with E-state index in [4.69, 9.17) is 0 Å². The predicted molar refractivity (Wildman–Crippen MR) is 127 cm³/mol. The number of piperidine rings is 1. The van der Waals surface area contributed by atoms with Crippen molar-refractivity contribution in [3.05, 3.63) is 66.5 Å². The summed E-state index contributed by atoms with van der Waals surface area (Å²) in [5, 5.41) is 10.3. The van der Waals surface area contributed by atoms with Crippen LogP contribution in [-0.4, -0.2) is 33.3 Å². The summed E-state index contributed by atoms with van der Waals surface area (Å²) in [6, 6.07) is 17.3. The largest absolute Gasteiger partial charge is 0.371 e. The number of aryl methyl sites for hydroxylation is 1. The number of aromatic nitrogens is 4. The molecule has 31 heavy (non-hydrogen) atoms. The molecule has 0 atom stereocenters. The molecule has 5 aromatic rings. The van der Waals surface area contributed by atoms with Crippen molar-refractivity contribution < 1.29 is 0 Å². The summed E-state index contributed by atoms with van der Waals surface area (Å²) in [5.74, 6) is 0. The van der Waals surface area contributed by atoms with Gasteiger partial charge in [-0.3, -0.25) is 10.1 Å². The molecule has 0 bridgehead atoms. The van der Waals surface area contributed by atoms with Gasteiger partial charge in [0, 0.05) is 53.0 Å². The second kappa shape index (κ2) is 7.27. The third-order valence-corrected chi connectivity index (χ3v) is 6.51. The molecule has 0 radical (unpaired) electrons. The minimum absolute atomic E-state index is 0.958. The maximum Gasteiger partial charge on any atom is 0.116 e. The van der Waals surface area contributed by atoms with E-state index in [1.807, 2.05) is 12.4 Å². The minimum Gasteiger partial charge on any atom is -0.371 e. The smallest absolute Gasteiger partial charge is 0.116 e. The number of nitrogens with zero attached hydrogens (tertiary/aromatic N) is 3. The highest BCUT2D eigenvalue weighted by Crippen LogP contribution is 2.35. The number of fused-ring (bicyclic) bond motifs is 2. The van der Waals surface area contributed by atoms with Crippen LogP contribution in [0.15, 0.2) is 60.9 Å². The second-order valence-electron chi connectivity index (χ2n) is 8.49. The average molecular weight is 408 g/mol. The average Bonchev–Trinajstić information content (AvgIpc) is 3.43. The van der Waals surface area contributed by atoms with Gasteiger partial charge in [0.15, 0.2) is 0 Å². The number of pyridine rings is 1. The quantitative estimate of drug-likeness (QED) is 0.381. The zero-order valence-corrected chi connectivity index (χ0v) is 17.7. The molecule has 5 heteroatoms. The lowest BCUT2D eigenvalue weighted by atomic mass is 10.0. The lowest BCUT2D eigenvalue weighted by Crippen LogP contribution is -2.29. The molecule has 1 fully saturated rings. The Bertz CT molecular complexity index is 1390. The first-order chi connectivity index (χ1) is 15.3. The molecule has 6 rings (SSSR count). The van der Waals surface area contributed by atoms with Crippen molar-refractivity contribution in [1.82, 2.24) is 20.2 Å². The lowest BCUT2D eigenvalue weighted by Gasteiger charge is -2.29. The highest BCUT2D eigenvalue weighted by Gasteiger charge is 2.17. The van der Waals surface area contributed by atoms with Crippen LogP contribution in [0.1, 0.15) is 24.8 Å². The van der Waals surface area contributed by atoms with Gasteiger partial charge in [-0.05, 0) is 73.7 Å². The molecule has 1 aliphatic rings. The topological polar surface area (TPSA) is 60.6 Å². The molecule has 0 amide bonds. The van der Waals surface area contributed by atoms with Gasteiger partial charge in [0.05, 0.1) is 11.2 Å². The number of benzene rings is 2. The maximum absolute atomic E-state index is 4.67. The van der Waals surface area contributed by atoms with Crippen LogP contribution in [0.25, 0.3) is 44.3 Å². The monoisotopic (exact) mass is 407 g/mol. The molecule has 0 unspecified atom stereocenters. The van der Waals surface area contributed by atoms with Crippen molar-refractivity contribution in [2.75, 3.05) is 18.0 Å². The van der Waals surface area contributed by atoms with E-state index >= 15 is 0 Å². The summed E-state index contributed by atoms with van der Waals surface area (Å²) in [4.78, 5) is 10.5. The fourth-order valence-electron chi connectivity index (χ4n) is 4.83. The molecule has 1 saturated heterocycles. The third-order valence-electron chi connectivity index (χ3n) is 6.51. The summed E-state index contributed by atoms with van der Waals surface area (Å²) in [6.07, 6.45) is 7.65. The highest BCUT2D eigenvalue weighted by atomic mass is 15.1. The van der Waals surface area contributed by atoms with E-state index < -0.39 is 0 Å². The first-order valence-electron chi connectivity index (χ1n) is 11.0. The molecule has 0 spiro atoms. The lowest BCUT2D eigenvalue weighted by molar-refractivity contribution is 0.579. The van der Waals surface area contributed by atoms with Crippen LogP contribution in [0.2, 0.25) is 0 Å². The van der Waals surface area contributed by atoms with Gasteiger partial charge in [-0.2, -0.15) is 5.10 Å². The SMILES string of the molecule is Cc1ccncc1-c1ccc2[nH]nc(-c3cc4c(N5CCCCC5)cccc4[nH]3)c2c1. The van der Waals surface area contributed by atoms with Crippen molar-refractivity contribution in [3.63, 3.8) is 0 Å². The molecule has 5 nitrogen and oxygen atoms in total. The normalized spacial score (nSPS) is 14.5. The van der Waals surface area contributed by atoms with Gasteiger partial charge in [0.1, 0.15) is 5.69 Å². The Morgan fingerprint density at radius 3 is 2.68 bits per heavy atom. The first-order valence-corrected chi connectivity index (χ1v) is 11.0. The molecule has 0 saturated carbocycles. The van der Waals surface area contributed by atoms with Gasteiger partial charge in [0.25, 0.3) is 0 Å². The number of nitrogens with one attached hydrogen (secondary N) is 2. The van der Waals surface area contributed by atoms with E-state index in [1.165, 1.54) is 35.9 Å². The number of rotatable bonds is 3. The van der Waals surface area contributed by atoms with Gasteiger partial charge in [0.2, 0.25) is 0 Å². The fourth-order valence-corrected chi connectivity index (χ4v) is 4.83. The number of H-pyrrole nitrogens is 2. The fraction of sp³-hybridized carbons (Fsp3) is 0.231. The van der Waals surface area contributed by atoms with Gasteiger partial charge in [-0.15, -0.1) is 0 Å². The Kier molecular flexibility index (Phi) is 4.27. The molecule has 154 valence electrons. The zero-order chi connectivity index (χ0) is 20.8. The Morgan fingerprint density at radius 1 is 0.903 bits per heavy atom. The van der Waals surface area contributed by atoms with E-state index in [1.54, 1.807) is 0 Å². The van der Waals surface area contributed by atoms with Gasteiger partial charge in [-0.25, -0.2) is 0 Å². The van der Waals surface area contributed by atoms with Crippen LogP contribution in [0, 0.1) is 6.92 Å². The van der Waals surface area contributed by atoms with Crippen molar-refractivity contribution in [3.8, 4) is 22.5 Å². The third kappa shape index (κ3) is 3.08. The van der Waals surface area contributed by atoms with Crippen LogP contribution in [-0.2, 0) is 0 Å². The number of aromatic amines is 2. The summed E-state index contributed by atoms with van der Waals surface area (Å²) in [5.41, 5.74) is 9.06. The number of anilines is 1. The van der Waals surface area contributed by atoms with E-state index in [-0.39, 0.29) is 0 Å². The Balaban J connectivity index is 1.47. The highest BCUT2D eigenvalue weighted by molar-refractivity contribution is 6.01. The van der Waals surface area contributed by atoms with E-state index in [9.17, 15) is 0 Å². The number of hydrogen-bond acceptors (Lipinski definition) is 3. The molecular weight excluding hydrogens is 382 g/mol. The standard InChI is InChI=1S/C26H25N5/c1-17-10-11-27-16-21(17)18-8-9-23-20(14-18)26(30-29-23)24-15-19-22(28-24)6-5-7-25(19)31-12-3-2-4-13-31/h5-11,14-16,28H,2-4,12-13H2,1H3,(H,29,30). The van der Waals surface area contributed by atoms with Gasteiger partial charge < -0.3 is 9.88 Å². The maximum atomic E-state index is 4.67. The Hall–Kier alpha value is -3.60. The summed E-state index contributed by atoms with van der Waals surface area (Å²) in [7, 11) is 0. The Labute approximate surface area is 181 Å². The molecule has 3 aromatic heterocycles. The van der Waals surface area contributed by atoms with Crippen LogP contribution in [0.4, 0.5) is 5.69 Å². The van der Waals surface area contributed by atoms with Crippen LogP contribution in [0.5, 0.6) is 0 Å². The van der Waals surface area contributed by atoms with Crippen molar-refractivity contribution in [2.45, 2.75) is 26.2 Å². The van der Waals surface area contributed by atoms with Gasteiger partial charge in [-0.1, -0.05) is 12.1 Å². The molecule has 2 aromatic carbocycles. The molecule has 2 N–H and O–H groups in total. The van der Waals surface area contributed by atoms with E-state index in [2.05, 4.69) is 80.5 Å². The summed E-state index contributed by atoms with van der Waals surface area (Å²) >= 11 is 0. The van der Waals surface area contributed by atoms with E-state index in [0.717, 1.165) is 52.0 Å². The zero-order valence-electron chi connectivity index (χ0n) is 17.7. The van der Waals surface area contributed by atoms with Crippen molar-refractivity contribution in [1.29, 1.82) is 0 Å². The first kappa shape index (κ1) is 18.2. The number of hydrogen-bond donors (Lipinski definition) is 2. The van der Waals surface area contributed by atoms with Crippen LogP contribution in [0.3, 0.4) is 0 Å². The van der Waals surface area contributed by atoms with E-state index in [0.29, 0.717) is 0 Å². The Morgan fingerprint density at radius 2 is 1.81 bits per heavy atom. The molecule has 1 aliphatic heterocycles. The molecule has 0 aliphatic carbocycles. The molecule has 4 heterocycles. The summed E-state index contributed by atoms with van der Waals surface area (Å²) < 4.78 is 0. The second-order valence-corrected chi connectivity index (χ2v) is 8.49.